The number of hydrogen-bond donors (Lipinski definition) is 2. The average molecular weight is 245 g/mol. The van der Waals surface area contributed by atoms with Crippen molar-refractivity contribution in [2.75, 3.05) is 20.3 Å². The Morgan fingerprint density at radius 1 is 1.24 bits per heavy atom. The standard InChI is InChI=1S/C13H27NO3/c1-4-5-6-7-10-17-11-8-9-13(2,14-3)12(15)16/h14H,4-11H2,1-3H3,(H,15,16). The van der Waals surface area contributed by atoms with Gasteiger partial charge in [-0.25, -0.2) is 0 Å². The Hall–Kier alpha value is -0.610. The SMILES string of the molecule is CCCCCCOCCCC(C)(NC)C(=O)O. The van der Waals surface area contributed by atoms with Gasteiger partial charge in [-0.1, -0.05) is 26.2 Å². The van der Waals surface area contributed by atoms with Gasteiger partial charge in [-0.2, -0.15) is 0 Å². The Balaban J connectivity index is 3.47. The minimum absolute atomic E-state index is 0.591. The summed E-state index contributed by atoms with van der Waals surface area (Å²) >= 11 is 0. The van der Waals surface area contributed by atoms with Crippen LogP contribution < -0.4 is 5.32 Å². The summed E-state index contributed by atoms with van der Waals surface area (Å²) in [6.45, 7) is 5.34. The lowest BCUT2D eigenvalue weighted by molar-refractivity contribution is -0.144. The number of carboxylic acid groups (broad SMARTS) is 1. The Labute approximate surface area is 105 Å². The molecule has 0 aliphatic carbocycles. The number of unbranched alkanes of at least 4 members (excludes halogenated alkanes) is 3. The van der Waals surface area contributed by atoms with Crippen LogP contribution in [0.25, 0.3) is 0 Å². The van der Waals surface area contributed by atoms with Crippen LogP contribution in [0.1, 0.15) is 52.4 Å². The second-order valence-electron chi connectivity index (χ2n) is 4.66. The highest BCUT2D eigenvalue weighted by molar-refractivity contribution is 5.78. The van der Waals surface area contributed by atoms with E-state index >= 15 is 0 Å². The fourth-order valence-electron chi connectivity index (χ4n) is 1.60. The summed E-state index contributed by atoms with van der Waals surface area (Å²) in [7, 11) is 1.68. The Morgan fingerprint density at radius 2 is 1.88 bits per heavy atom. The third-order valence-corrected chi connectivity index (χ3v) is 3.13. The Kier molecular flexibility index (Phi) is 9.09. The molecule has 0 saturated carbocycles. The number of aliphatic carboxylic acids is 1. The summed E-state index contributed by atoms with van der Waals surface area (Å²) < 4.78 is 5.48. The highest BCUT2D eigenvalue weighted by Gasteiger charge is 2.30. The average Bonchev–Trinajstić information content (AvgIpc) is 2.32. The normalized spacial score (nSPS) is 14.5. The molecule has 0 heterocycles. The van der Waals surface area contributed by atoms with Crippen LogP contribution in [-0.2, 0) is 9.53 Å². The third-order valence-electron chi connectivity index (χ3n) is 3.13. The van der Waals surface area contributed by atoms with Crippen molar-refractivity contribution in [1.29, 1.82) is 0 Å². The van der Waals surface area contributed by atoms with Gasteiger partial charge < -0.3 is 15.2 Å². The van der Waals surface area contributed by atoms with E-state index in [-0.39, 0.29) is 0 Å². The second kappa shape index (κ2) is 9.42. The quantitative estimate of drug-likeness (QED) is 0.549. The molecule has 102 valence electrons. The van der Waals surface area contributed by atoms with Crippen molar-refractivity contribution >= 4 is 5.97 Å². The van der Waals surface area contributed by atoms with E-state index in [0.717, 1.165) is 19.4 Å². The lowest BCUT2D eigenvalue weighted by atomic mass is 9.96. The number of nitrogens with one attached hydrogen (secondary N) is 1. The molecule has 0 aromatic rings. The minimum Gasteiger partial charge on any atom is -0.480 e. The maximum Gasteiger partial charge on any atom is 0.323 e. The molecule has 0 spiro atoms. The Morgan fingerprint density at radius 3 is 2.41 bits per heavy atom. The molecular weight excluding hydrogens is 218 g/mol. The van der Waals surface area contributed by atoms with Gasteiger partial charge in [0.25, 0.3) is 0 Å². The van der Waals surface area contributed by atoms with Crippen LogP contribution in [0.4, 0.5) is 0 Å². The summed E-state index contributed by atoms with van der Waals surface area (Å²) in [6.07, 6.45) is 6.19. The lowest BCUT2D eigenvalue weighted by Crippen LogP contribution is -2.47. The van der Waals surface area contributed by atoms with E-state index in [4.69, 9.17) is 9.84 Å². The molecule has 4 nitrogen and oxygen atoms in total. The molecule has 0 aliphatic heterocycles. The first-order chi connectivity index (χ1) is 8.06. The van der Waals surface area contributed by atoms with Crippen LogP contribution in [0.15, 0.2) is 0 Å². The van der Waals surface area contributed by atoms with Crippen LogP contribution in [0.5, 0.6) is 0 Å². The Bertz CT molecular complexity index is 209. The molecule has 1 unspecified atom stereocenters. The van der Waals surface area contributed by atoms with E-state index in [9.17, 15) is 4.79 Å². The molecular formula is C13H27NO3. The van der Waals surface area contributed by atoms with Gasteiger partial charge in [0.2, 0.25) is 0 Å². The molecule has 0 aliphatic rings. The van der Waals surface area contributed by atoms with E-state index in [1.54, 1.807) is 14.0 Å². The first-order valence-electron chi connectivity index (χ1n) is 6.57. The van der Waals surface area contributed by atoms with E-state index in [2.05, 4.69) is 12.2 Å². The number of hydrogen-bond acceptors (Lipinski definition) is 3. The van der Waals surface area contributed by atoms with Crippen molar-refractivity contribution < 1.29 is 14.6 Å². The number of rotatable bonds is 11. The maximum absolute atomic E-state index is 11.0. The molecule has 0 fully saturated rings. The fraction of sp³-hybridized carbons (Fsp3) is 0.923. The number of ether oxygens (including phenoxy) is 1. The van der Waals surface area contributed by atoms with Crippen molar-refractivity contribution in [3.8, 4) is 0 Å². The van der Waals surface area contributed by atoms with Crippen LogP contribution in [0.3, 0.4) is 0 Å². The van der Waals surface area contributed by atoms with Crippen molar-refractivity contribution in [3.63, 3.8) is 0 Å². The molecule has 0 amide bonds. The van der Waals surface area contributed by atoms with Gasteiger partial charge in [-0.05, 0) is 33.2 Å². The maximum atomic E-state index is 11.0. The highest BCUT2D eigenvalue weighted by Crippen LogP contribution is 2.12. The fourth-order valence-corrected chi connectivity index (χ4v) is 1.60. The van der Waals surface area contributed by atoms with E-state index in [0.29, 0.717) is 13.0 Å². The lowest BCUT2D eigenvalue weighted by Gasteiger charge is -2.23. The predicted octanol–water partition coefficient (Wildman–Crippen LogP) is 2.43. The minimum atomic E-state index is -0.828. The molecule has 0 radical (unpaired) electrons. The molecule has 0 aromatic heterocycles. The monoisotopic (exact) mass is 245 g/mol. The van der Waals surface area contributed by atoms with Gasteiger partial charge >= 0.3 is 5.97 Å². The zero-order valence-corrected chi connectivity index (χ0v) is 11.4. The zero-order valence-electron chi connectivity index (χ0n) is 11.4. The molecule has 0 rings (SSSR count). The van der Waals surface area contributed by atoms with Gasteiger partial charge in [-0.15, -0.1) is 0 Å². The molecule has 0 aromatic carbocycles. The summed E-state index contributed by atoms with van der Waals surface area (Å²) in [5, 5.41) is 11.9. The van der Waals surface area contributed by atoms with Crippen molar-refractivity contribution in [3.05, 3.63) is 0 Å². The molecule has 0 saturated heterocycles. The van der Waals surface area contributed by atoms with Gasteiger partial charge in [-0.3, -0.25) is 4.79 Å². The predicted molar refractivity (Wildman–Crippen MR) is 69.3 cm³/mol. The van der Waals surface area contributed by atoms with E-state index in [1.807, 2.05) is 0 Å². The summed E-state index contributed by atoms with van der Waals surface area (Å²) in [5.41, 5.74) is -0.828. The smallest absolute Gasteiger partial charge is 0.323 e. The number of carboxylic acids is 1. The number of carbonyl (C=O) groups is 1. The van der Waals surface area contributed by atoms with Crippen molar-refractivity contribution in [2.24, 2.45) is 0 Å². The first kappa shape index (κ1) is 16.4. The van der Waals surface area contributed by atoms with Crippen molar-refractivity contribution in [2.45, 2.75) is 57.9 Å². The molecule has 0 bridgehead atoms. The van der Waals surface area contributed by atoms with Crippen molar-refractivity contribution in [1.82, 2.24) is 5.32 Å². The third kappa shape index (κ3) is 7.34. The first-order valence-corrected chi connectivity index (χ1v) is 6.57. The van der Waals surface area contributed by atoms with Gasteiger partial charge in [0.05, 0.1) is 0 Å². The highest BCUT2D eigenvalue weighted by atomic mass is 16.5. The molecule has 4 heteroatoms. The van der Waals surface area contributed by atoms with Crippen LogP contribution >= 0.6 is 0 Å². The van der Waals surface area contributed by atoms with Crippen LogP contribution in [0.2, 0.25) is 0 Å². The number of likely N-dealkylation sites (N-methyl/N-ethyl adjacent to an activating group) is 1. The summed E-state index contributed by atoms with van der Waals surface area (Å²) in [6, 6.07) is 0. The van der Waals surface area contributed by atoms with E-state index < -0.39 is 11.5 Å². The molecule has 2 N–H and O–H groups in total. The topological polar surface area (TPSA) is 58.6 Å². The summed E-state index contributed by atoms with van der Waals surface area (Å²) in [4.78, 5) is 11.0. The zero-order chi connectivity index (χ0) is 13.1. The van der Waals surface area contributed by atoms with Gasteiger partial charge in [0, 0.05) is 13.2 Å². The second-order valence-corrected chi connectivity index (χ2v) is 4.66. The molecule has 17 heavy (non-hydrogen) atoms. The van der Waals surface area contributed by atoms with Crippen LogP contribution in [0, 0.1) is 0 Å². The van der Waals surface area contributed by atoms with Gasteiger partial charge in [0.1, 0.15) is 5.54 Å². The van der Waals surface area contributed by atoms with Crippen LogP contribution in [-0.4, -0.2) is 36.9 Å². The largest absolute Gasteiger partial charge is 0.480 e. The van der Waals surface area contributed by atoms with E-state index in [1.165, 1.54) is 19.3 Å². The summed E-state index contributed by atoms with van der Waals surface area (Å²) in [5.74, 6) is -0.803. The molecule has 1 atom stereocenters. The van der Waals surface area contributed by atoms with Gasteiger partial charge in [0.15, 0.2) is 0 Å².